The lowest BCUT2D eigenvalue weighted by atomic mass is 10.1. The average molecular weight is 263 g/mol. The molecule has 1 heterocycles. The molecule has 4 nitrogen and oxygen atoms in total. The van der Waals surface area contributed by atoms with Gasteiger partial charge >= 0.3 is 6.18 Å². The van der Waals surface area contributed by atoms with Crippen LogP contribution < -0.4 is 10.6 Å². The molecule has 1 aromatic heterocycles. The number of rotatable bonds is 4. The summed E-state index contributed by atoms with van der Waals surface area (Å²) in [6.45, 7) is 3.20. The molecular formula is C11H16F3N3O. The molecule has 18 heavy (non-hydrogen) atoms. The molecule has 0 bridgehead atoms. The van der Waals surface area contributed by atoms with Gasteiger partial charge in [0, 0.05) is 13.6 Å². The summed E-state index contributed by atoms with van der Waals surface area (Å²) in [7, 11) is 1.49. The standard InChI is InChI=1S/C11H16F3N3O/c1-10(2,18)6-16-9-5-7(11(12,13)14)4-8(15-3)17-9/h4-5,18H,6H2,1-3H3,(H2,15,16,17). The van der Waals surface area contributed by atoms with Gasteiger partial charge in [0.25, 0.3) is 0 Å². The van der Waals surface area contributed by atoms with Gasteiger partial charge in [0.05, 0.1) is 11.2 Å². The molecular weight excluding hydrogens is 247 g/mol. The van der Waals surface area contributed by atoms with E-state index in [1.165, 1.54) is 7.05 Å². The largest absolute Gasteiger partial charge is 0.416 e. The van der Waals surface area contributed by atoms with Crippen LogP contribution in [0.15, 0.2) is 12.1 Å². The number of aliphatic hydroxyl groups is 1. The molecule has 3 N–H and O–H groups in total. The highest BCUT2D eigenvalue weighted by molar-refractivity contribution is 5.49. The second kappa shape index (κ2) is 5.01. The normalized spacial score (nSPS) is 12.4. The van der Waals surface area contributed by atoms with Crippen LogP contribution in [0, 0.1) is 0 Å². The zero-order chi connectivity index (χ0) is 14.0. The first-order chi connectivity index (χ1) is 8.12. The van der Waals surface area contributed by atoms with Crippen molar-refractivity contribution in [3.05, 3.63) is 17.7 Å². The fourth-order valence-corrected chi connectivity index (χ4v) is 1.22. The molecule has 0 amide bonds. The van der Waals surface area contributed by atoms with E-state index in [1.54, 1.807) is 13.8 Å². The van der Waals surface area contributed by atoms with Gasteiger partial charge in [-0.3, -0.25) is 0 Å². The molecule has 0 radical (unpaired) electrons. The van der Waals surface area contributed by atoms with Crippen LogP contribution in [-0.4, -0.2) is 29.3 Å². The Morgan fingerprint density at radius 1 is 1.22 bits per heavy atom. The first-order valence-corrected chi connectivity index (χ1v) is 5.35. The van der Waals surface area contributed by atoms with Crippen molar-refractivity contribution < 1.29 is 18.3 Å². The Balaban J connectivity index is 2.98. The Kier molecular flexibility index (Phi) is 4.05. The number of hydrogen-bond donors (Lipinski definition) is 3. The molecule has 0 aliphatic rings. The molecule has 0 aromatic carbocycles. The van der Waals surface area contributed by atoms with E-state index in [-0.39, 0.29) is 18.2 Å². The molecule has 0 spiro atoms. The molecule has 0 unspecified atom stereocenters. The Hall–Kier alpha value is -1.50. The van der Waals surface area contributed by atoms with E-state index < -0.39 is 17.3 Å². The lowest BCUT2D eigenvalue weighted by Gasteiger charge is -2.19. The monoisotopic (exact) mass is 263 g/mol. The van der Waals surface area contributed by atoms with E-state index in [1.807, 2.05) is 0 Å². The number of aromatic nitrogens is 1. The van der Waals surface area contributed by atoms with Crippen LogP contribution in [0.5, 0.6) is 0 Å². The van der Waals surface area contributed by atoms with Gasteiger partial charge in [-0.2, -0.15) is 13.2 Å². The Labute approximate surface area is 103 Å². The van der Waals surface area contributed by atoms with E-state index in [9.17, 15) is 18.3 Å². The molecule has 0 saturated carbocycles. The van der Waals surface area contributed by atoms with Gasteiger partial charge in [-0.1, -0.05) is 0 Å². The van der Waals surface area contributed by atoms with Gasteiger partial charge in [-0.25, -0.2) is 4.98 Å². The summed E-state index contributed by atoms with van der Waals surface area (Å²) in [6.07, 6.45) is -4.43. The average Bonchev–Trinajstić information content (AvgIpc) is 2.24. The SMILES string of the molecule is CNc1cc(C(F)(F)F)cc(NCC(C)(C)O)n1. The van der Waals surface area contributed by atoms with Gasteiger partial charge in [-0.05, 0) is 26.0 Å². The summed E-state index contributed by atoms with van der Waals surface area (Å²) in [5, 5.41) is 14.7. The van der Waals surface area contributed by atoms with Crippen molar-refractivity contribution in [2.45, 2.75) is 25.6 Å². The second-order valence-corrected chi connectivity index (χ2v) is 4.54. The maximum atomic E-state index is 12.6. The molecule has 0 fully saturated rings. The fourth-order valence-electron chi connectivity index (χ4n) is 1.22. The van der Waals surface area contributed by atoms with E-state index >= 15 is 0 Å². The van der Waals surface area contributed by atoms with E-state index in [4.69, 9.17) is 0 Å². The first-order valence-electron chi connectivity index (χ1n) is 5.35. The summed E-state index contributed by atoms with van der Waals surface area (Å²) in [4.78, 5) is 3.94. The topological polar surface area (TPSA) is 57.2 Å². The Bertz CT molecular complexity index is 413. The van der Waals surface area contributed by atoms with Crippen molar-refractivity contribution in [1.82, 2.24) is 4.98 Å². The predicted octanol–water partition coefficient (Wildman–Crippen LogP) is 2.32. The number of nitrogens with one attached hydrogen (secondary N) is 2. The highest BCUT2D eigenvalue weighted by atomic mass is 19.4. The Morgan fingerprint density at radius 3 is 2.22 bits per heavy atom. The maximum absolute atomic E-state index is 12.6. The second-order valence-electron chi connectivity index (χ2n) is 4.54. The molecule has 7 heteroatoms. The van der Waals surface area contributed by atoms with Crippen molar-refractivity contribution >= 4 is 11.6 Å². The van der Waals surface area contributed by atoms with Crippen LogP contribution in [0.3, 0.4) is 0 Å². The molecule has 0 atom stereocenters. The number of hydrogen-bond acceptors (Lipinski definition) is 4. The van der Waals surface area contributed by atoms with E-state index in [0.717, 1.165) is 12.1 Å². The van der Waals surface area contributed by atoms with E-state index in [2.05, 4.69) is 15.6 Å². The van der Waals surface area contributed by atoms with Crippen LogP contribution in [0.1, 0.15) is 19.4 Å². The first kappa shape index (κ1) is 14.6. The van der Waals surface area contributed by atoms with Crippen LogP contribution in [-0.2, 0) is 6.18 Å². The minimum absolute atomic E-state index is 0.0660. The Morgan fingerprint density at radius 2 is 1.78 bits per heavy atom. The summed E-state index contributed by atoms with van der Waals surface area (Å²) in [6, 6.07) is 1.84. The van der Waals surface area contributed by atoms with E-state index in [0.29, 0.717) is 0 Å². The molecule has 0 aliphatic heterocycles. The van der Waals surface area contributed by atoms with Crippen LogP contribution in [0.4, 0.5) is 24.8 Å². The third-order valence-corrected chi connectivity index (χ3v) is 2.11. The quantitative estimate of drug-likeness (QED) is 0.780. The maximum Gasteiger partial charge on any atom is 0.416 e. The van der Waals surface area contributed by atoms with Gasteiger partial charge in [0.15, 0.2) is 0 Å². The van der Waals surface area contributed by atoms with Crippen LogP contribution in [0.2, 0.25) is 0 Å². The van der Waals surface area contributed by atoms with Crippen molar-refractivity contribution in [2.24, 2.45) is 0 Å². The van der Waals surface area contributed by atoms with Crippen molar-refractivity contribution in [3.63, 3.8) is 0 Å². The third kappa shape index (κ3) is 4.40. The van der Waals surface area contributed by atoms with Crippen LogP contribution >= 0.6 is 0 Å². The third-order valence-electron chi connectivity index (χ3n) is 2.11. The smallest absolute Gasteiger partial charge is 0.389 e. The van der Waals surface area contributed by atoms with Crippen LogP contribution in [0.25, 0.3) is 0 Å². The number of halogens is 3. The minimum Gasteiger partial charge on any atom is -0.389 e. The molecule has 0 saturated heterocycles. The molecule has 0 aliphatic carbocycles. The fraction of sp³-hybridized carbons (Fsp3) is 0.545. The summed E-state index contributed by atoms with van der Waals surface area (Å²) in [5.41, 5.74) is -1.82. The zero-order valence-electron chi connectivity index (χ0n) is 10.4. The van der Waals surface area contributed by atoms with Crippen molar-refractivity contribution in [1.29, 1.82) is 0 Å². The van der Waals surface area contributed by atoms with Gasteiger partial charge in [-0.15, -0.1) is 0 Å². The highest BCUT2D eigenvalue weighted by Gasteiger charge is 2.31. The molecule has 1 rings (SSSR count). The molecule has 102 valence electrons. The molecule has 1 aromatic rings. The van der Waals surface area contributed by atoms with Gasteiger partial charge < -0.3 is 15.7 Å². The van der Waals surface area contributed by atoms with Crippen molar-refractivity contribution in [3.8, 4) is 0 Å². The lowest BCUT2D eigenvalue weighted by molar-refractivity contribution is -0.137. The van der Waals surface area contributed by atoms with Gasteiger partial charge in [0.1, 0.15) is 11.6 Å². The number of anilines is 2. The predicted molar refractivity (Wildman–Crippen MR) is 63.6 cm³/mol. The van der Waals surface area contributed by atoms with Gasteiger partial charge in [0.2, 0.25) is 0 Å². The zero-order valence-corrected chi connectivity index (χ0v) is 10.4. The minimum atomic E-state index is -4.43. The van der Waals surface area contributed by atoms with Crippen molar-refractivity contribution in [2.75, 3.05) is 24.2 Å². The number of alkyl halides is 3. The summed E-state index contributed by atoms with van der Waals surface area (Å²) < 4.78 is 37.9. The summed E-state index contributed by atoms with van der Waals surface area (Å²) in [5.74, 6) is 0.180. The number of pyridine rings is 1. The lowest BCUT2D eigenvalue weighted by Crippen LogP contribution is -2.29. The highest BCUT2D eigenvalue weighted by Crippen LogP contribution is 2.32. The number of nitrogens with zero attached hydrogens (tertiary/aromatic N) is 1. The summed E-state index contributed by atoms with van der Waals surface area (Å²) >= 11 is 0.